The highest BCUT2D eigenvalue weighted by Gasteiger charge is 2.22. The van der Waals surface area contributed by atoms with Crippen LogP contribution in [-0.4, -0.2) is 0 Å². The van der Waals surface area contributed by atoms with Gasteiger partial charge >= 0.3 is 0 Å². The van der Waals surface area contributed by atoms with Gasteiger partial charge in [0.2, 0.25) is 0 Å². The molecule has 1 nitrogen and oxygen atoms in total. The van der Waals surface area contributed by atoms with Crippen molar-refractivity contribution < 1.29 is 0 Å². The molecule has 0 N–H and O–H groups in total. The van der Waals surface area contributed by atoms with Gasteiger partial charge in [0, 0.05) is 17.1 Å². The lowest BCUT2D eigenvalue weighted by atomic mass is 9.81. The highest BCUT2D eigenvalue weighted by atomic mass is 15.1. The summed E-state index contributed by atoms with van der Waals surface area (Å²) >= 11 is 0. The summed E-state index contributed by atoms with van der Waals surface area (Å²) < 4.78 is 0. The third kappa shape index (κ3) is 6.42. The van der Waals surface area contributed by atoms with Crippen LogP contribution in [0.25, 0.3) is 98.4 Å². The van der Waals surface area contributed by atoms with E-state index in [1.54, 1.807) is 0 Å². The Morgan fingerprint density at radius 2 is 0.683 bits per heavy atom. The molecule has 0 atom stereocenters. The van der Waals surface area contributed by atoms with Gasteiger partial charge in [-0.1, -0.05) is 200 Å². The van der Waals surface area contributed by atoms with Crippen LogP contribution in [0, 0.1) is 0 Å². The second-order valence-corrected chi connectivity index (χ2v) is 16.4. The summed E-state index contributed by atoms with van der Waals surface area (Å²) in [6, 6.07) is 91.1. The number of rotatable bonds is 7. The van der Waals surface area contributed by atoms with Crippen molar-refractivity contribution in [3.63, 3.8) is 0 Å². The average molecular weight is 800 g/mol. The molecule has 12 rings (SSSR count). The van der Waals surface area contributed by atoms with E-state index in [4.69, 9.17) is 0 Å². The van der Waals surface area contributed by atoms with E-state index < -0.39 is 0 Å². The minimum atomic E-state index is 1.11. The molecule has 0 aromatic heterocycles. The van der Waals surface area contributed by atoms with Crippen LogP contribution >= 0.6 is 0 Å². The number of hydrogen-bond donors (Lipinski definition) is 0. The summed E-state index contributed by atoms with van der Waals surface area (Å²) in [7, 11) is 0. The molecule has 1 heteroatoms. The van der Waals surface area contributed by atoms with Crippen LogP contribution in [0.2, 0.25) is 0 Å². The molecule has 0 saturated heterocycles. The van der Waals surface area contributed by atoms with Gasteiger partial charge in [0.15, 0.2) is 0 Å². The lowest BCUT2D eigenvalue weighted by Gasteiger charge is -2.26. The second kappa shape index (κ2) is 15.3. The molecule has 0 aliphatic heterocycles. The van der Waals surface area contributed by atoms with Crippen molar-refractivity contribution in [2.75, 3.05) is 4.90 Å². The first kappa shape index (κ1) is 36.6. The Kier molecular flexibility index (Phi) is 8.90. The molecule has 12 aromatic rings. The Hall–Kier alpha value is -8.26. The summed E-state index contributed by atoms with van der Waals surface area (Å²) in [5, 5.41) is 12.5. The van der Waals surface area contributed by atoms with Crippen LogP contribution in [0.4, 0.5) is 17.1 Å². The largest absolute Gasteiger partial charge is 0.310 e. The Morgan fingerprint density at radius 1 is 0.222 bits per heavy atom. The predicted octanol–water partition coefficient (Wildman–Crippen LogP) is 17.6. The third-order valence-electron chi connectivity index (χ3n) is 12.8. The van der Waals surface area contributed by atoms with Crippen molar-refractivity contribution in [1.29, 1.82) is 0 Å². The van der Waals surface area contributed by atoms with Crippen molar-refractivity contribution in [2.45, 2.75) is 0 Å². The third-order valence-corrected chi connectivity index (χ3v) is 12.8. The zero-order valence-corrected chi connectivity index (χ0v) is 34.6. The second-order valence-electron chi connectivity index (χ2n) is 16.4. The van der Waals surface area contributed by atoms with E-state index >= 15 is 0 Å². The zero-order valence-electron chi connectivity index (χ0n) is 34.6. The van der Waals surface area contributed by atoms with E-state index in [-0.39, 0.29) is 0 Å². The van der Waals surface area contributed by atoms with E-state index in [1.807, 2.05) is 0 Å². The van der Waals surface area contributed by atoms with E-state index in [9.17, 15) is 0 Å². The van der Waals surface area contributed by atoms with Crippen LogP contribution < -0.4 is 4.90 Å². The van der Waals surface area contributed by atoms with Gasteiger partial charge in [0.05, 0.1) is 0 Å². The molecular formula is C62H41N. The molecule has 0 aliphatic carbocycles. The zero-order chi connectivity index (χ0) is 41.7. The Balaban J connectivity index is 1.07. The molecular weight excluding hydrogens is 759 g/mol. The minimum absolute atomic E-state index is 1.11. The van der Waals surface area contributed by atoms with E-state index in [0.717, 1.165) is 17.1 Å². The molecule has 12 aromatic carbocycles. The Labute approximate surface area is 367 Å². The first-order valence-corrected chi connectivity index (χ1v) is 21.7. The number of fused-ring (bicyclic) bond motifs is 8. The van der Waals surface area contributed by atoms with Gasteiger partial charge in [-0.25, -0.2) is 0 Å². The fraction of sp³-hybridized carbons (Fsp3) is 0. The van der Waals surface area contributed by atoms with Crippen LogP contribution in [0.5, 0.6) is 0 Å². The SMILES string of the molecule is c1ccc(-c2cc(-c3ccccc3)c3c4ccccc4c4cc(-c5ccc(N(c6ccc7ccccc7c6)c6ccc7ccccc7c6)cc5)ccc4c3c2-c2ccccc2)cc1. The maximum Gasteiger partial charge on any atom is 0.0468 e. The number of benzene rings is 12. The molecule has 0 radical (unpaired) electrons. The highest BCUT2D eigenvalue weighted by molar-refractivity contribution is 6.33. The minimum Gasteiger partial charge on any atom is -0.310 e. The van der Waals surface area contributed by atoms with Gasteiger partial charge in [-0.3, -0.25) is 0 Å². The van der Waals surface area contributed by atoms with Gasteiger partial charge in [-0.2, -0.15) is 0 Å². The number of hydrogen-bond acceptors (Lipinski definition) is 1. The van der Waals surface area contributed by atoms with Crippen molar-refractivity contribution in [3.05, 3.63) is 249 Å². The predicted molar refractivity (Wildman–Crippen MR) is 270 cm³/mol. The summed E-state index contributed by atoms with van der Waals surface area (Å²) in [5.41, 5.74) is 13.1. The van der Waals surface area contributed by atoms with Crippen molar-refractivity contribution >= 4 is 70.9 Å². The lowest BCUT2D eigenvalue weighted by molar-refractivity contribution is 1.29. The average Bonchev–Trinajstić information content (AvgIpc) is 3.36. The van der Waals surface area contributed by atoms with Crippen molar-refractivity contribution in [1.82, 2.24) is 0 Å². The number of anilines is 3. The molecule has 294 valence electrons. The van der Waals surface area contributed by atoms with Crippen LogP contribution in [0.3, 0.4) is 0 Å². The Bertz CT molecular complexity index is 3570. The summed E-state index contributed by atoms with van der Waals surface area (Å²) in [5.74, 6) is 0. The van der Waals surface area contributed by atoms with E-state index in [0.29, 0.717) is 0 Å². The van der Waals surface area contributed by atoms with E-state index in [1.165, 1.54) is 98.4 Å². The molecule has 0 heterocycles. The van der Waals surface area contributed by atoms with Gasteiger partial charge < -0.3 is 4.90 Å². The smallest absolute Gasteiger partial charge is 0.0468 e. The van der Waals surface area contributed by atoms with Gasteiger partial charge in [0.25, 0.3) is 0 Å². The quantitative estimate of drug-likeness (QED) is 0.145. The fourth-order valence-electron chi connectivity index (χ4n) is 9.81. The molecule has 0 spiro atoms. The molecule has 0 fully saturated rings. The van der Waals surface area contributed by atoms with Gasteiger partial charge in [-0.05, 0) is 147 Å². The molecule has 0 bridgehead atoms. The van der Waals surface area contributed by atoms with Crippen LogP contribution in [-0.2, 0) is 0 Å². The monoisotopic (exact) mass is 799 g/mol. The normalized spacial score (nSPS) is 11.5. The standard InChI is InChI=1S/C62H41N/c1-4-18-45(19-5-1)57-41-58(46-20-6-2-7-21-46)61-55-27-15-14-26-54(55)59-40-50(32-37-56(59)62(61)60(57)47-22-8-3-9-23-47)44-28-33-51(34-29-44)63(52-35-30-42-16-10-12-24-48(42)38-52)53-36-31-43-17-11-13-25-49(43)39-53/h1-41H. The molecule has 63 heavy (non-hydrogen) atoms. The van der Waals surface area contributed by atoms with Crippen LogP contribution in [0.1, 0.15) is 0 Å². The molecule has 0 unspecified atom stereocenters. The highest BCUT2D eigenvalue weighted by Crippen LogP contribution is 2.49. The van der Waals surface area contributed by atoms with Gasteiger partial charge in [0.1, 0.15) is 0 Å². The van der Waals surface area contributed by atoms with E-state index in [2.05, 4.69) is 254 Å². The van der Waals surface area contributed by atoms with Gasteiger partial charge in [-0.15, -0.1) is 0 Å². The maximum absolute atomic E-state index is 2.43. The summed E-state index contributed by atoms with van der Waals surface area (Å²) in [4.78, 5) is 2.38. The molecule has 0 aliphatic rings. The lowest BCUT2D eigenvalue weighted by Crippen LogP contribution is -2.09. The maximum atomic E-state index is 2.43. The first-order valence-electron chi connectivity index (χ1n) is 21.7. The van der Waals surface area contributed by atoms with Crippen LogP contribution in [0.15, 0.2) is 249 Å². The fourth-order valence-corrected chi connectivity index (χ4v) is 9.81. The summed E-state index contributed by atoms with van der Waals surface area (Å²) in [6.07, 6.45) is 0. The molecule has 0 saturated carbocycles. The Morgan fingerprint density at radius 3 is 1.29 bits per heavy atom. The molecule has 0 amide bonds. The van der Waals surface area contributed by atoms with Crippen molar-refractivity contribution in [2.24, 2.45) is 0 Å². The van der Waals surface area contributed by atoms with Crippen molar-refractivity contribution in [3.8, 4) is 44.5 Å². The number of nitrogens with zero attached hydrogens (tertiary/aromatic N) is 1. The first-order chi connectivity index (χ1) is 31.2. The summed E-state index contributed by atoms with van der Waals surface area (Å²) in [6.45, 7) is 0. The topological polar surface area (TPSA) is 3.24 Å².